The number of hydrogen-bond donors (Lipinski definition) is 0. The minimum absolute atomic E-state index is 0.0533. The van der Waals surface area contributed by atoms with Crippen LogP contribution in [0.5, 0.6) is 0 Å². The predicted molar refractivity (Wildman–Crippen MR) is 61.3 cm³/mol. The van der Waals surface area contributed by atoms with Crippen LogP contribution in [0, 0.1) is 11.3 Å². The van der Waals surface area contributed by atoms with Crippen molar-refractivity contribution >= 4 is 35.7 Å². The van der Waals surface area contributed by atoms with Crippen molar-refractivity contribution in [3.8, 4) is 6.07 Å². The van der Waals surface area contributed by atoms with Gasteiger partial charge in [-0.25, -0.2) is 8.42 Å². The Morgan fingerprint density at radius 1 is 1.53 bits per heavy atom. The highest BCUT2D eigenvalue weighted by Gasteiger charge is 2.17. The van der Waals surface area contributed by atoms with E-state index < -0.39 is 9.05 Å². The number of hydrogen-bond acceptors (Lipinski definition) is 3. The fraction of sp³-hybridized carbons (Fsp3) is 0.222. The van der Waals surface area contributed by atoms with E-state index in [0.29, 0.717) is 22.0 Å². The Hall–Kier alpha value is -0.570. The maximum Gasteiger partial charge on any atom is 0.261 e. The Kier molecular flexibility index (Phi) is 3.77. The Morgan fingerprint density at radius 3 is 2.53 bits per heavy atom. The summed E-state index contributed by atoms with van der Waals surface area (Å²) < 4.78 is 22.9. The van der Waals surface area contributed by atoms with Gasteiger partial charge < -0.3 is 0 Å². The molecule has 0 aliphatic carbocycles. The van der Waals surface area contributed by atoms with Gasteiger partial charge in [-0.3, -0.25) is 0 Å². The molecule has 0 saturated heterocycles. The molecule has 3 nitrogen and oxygen atoms in total. The minimum Gasteiger partial charge on any atom is -0.207 e. The van der Waals surface area contributed by atoms with E-state index in [-0.39, 0.29) is 4.90 Å². The molecule has 0 fully saturated rings. The van der Waals surface area contributed by atoms with Crippen molar-refractivity contribution in [2.75, 3.05) is 0 Å². The van der Waals surface area contributed by atoms with Crippen molar-refractivity contribution in [3.05, 3.63) is 27.7 Å². The van der Waals surface area contributed by atoms with Crippen LogP contribution < -0.4 is 0 Å². The van der Waals surface area contributed by atoms with Crippen molar-refractivity contribution in [2.24, 2.45) is 0 Å². The summed E-state index contributed by atoms with van der Waals surface area (Å²) in [5.41, 5.74) is 0.945. The molecule has 0 unspecified atom stereocenters. The Bertz CT molecular complexity index is 534. The van der Waals surface area contributed by atoms with Gasteiger partial charge in [0.2, 0.25) is 0 Å². The second kappa shape index (κ2) is 4.52. The van der Waals surface area contributed by atoms with Gasteiger partial charge in [0, 0.05) is 15.2 Å². The van der Waals surface area contributed by atoms with Gasteiger partial charge in [-0.05, 0) is 40.0 Å². The van der Waals surface area contributed by atoms with Crippen LogP contribution in [-0.2, 0) is 15.5 Å². The van der Waals surface area contributed by atoms with E-state index in [2.05, 4.69) is 15.9 Å². The molecular formula is C9H7BrClNO2S. The molecule has 0 N–H and O–H groups in total. The van der Waals surface area contributed by atoms with Crippen LogP contribution in [0.1, 0.15) is 18.1 Å². The molecule has 0 aliphatic rings. The van der Waals surface area contributed by atoms with Gasteiger partial charge in [-0.1, -0.05) is 6.92 Å². The molecular weight excluding hydrogens is 302 g/mol. The summed E-state index contributed by atoms with van der Waals surface area (Å²) in [6.07, 6.45) is 0.503. The summed E-state index contributed by atoms with van der Waals surface area (Å²) in [5, 5.41) is 8.77. The molecule has 6 heteroatoms. The van der Waals surface area contributed by atoms with E-state index in [0.717, 1.165) is 0 Å². The zero-order chi connectivity index (χ0) is 11.6. The SMILES string of the molecule is CCc1cc(C#N)c(Br)cc1S(=O)(=O)Cl. The quantitative estimate of drug-likeness (QED) is 0.789. The molecule has 0 heterocycles. The van der Waals surface area contributed by atoms with Crippen LogP contribution in [0.4, 0.5) is 0 Å². The van der Waals surface area contributed by atoms with Crippen LogP contribution in [0.15, 0.2) is 21.5 Å². The first-order chi connectivity index (χ1) is 6.90. The Balaban J connectivity index is 3.57. The molecule has 15 heavy (non-hydrogen) atoms. The lowest BCUT2D eigenvalue weighted by atomic mass is 10.1. The minimum atomic E-state index is -3.76. The number of rotatable bonds is 2. The summed E-state index contributed by atoms with van der Waals surface area (Å²) in [5.74, 6) is 0. The molecule has 1 aromatic rings. The largest absolute Gasteiger partial charge is 0.261 e. The van der Waals surface area contributed by atoms with Gasteiger partial charge >= 0.3 is 0 Å². The van der Waals surface area contributed by atoms with Crippen LogP contribution in [-0.4, -0.2) is 8.42 Å². The zero-order valence-corrected chi connectivity index (χ0v) is 10.9. The van der Waals surface area contributed by atoms with E-state index in [1.165, 1.54) is 12.1 Å². The van der Waals surface area contributed by atoms with Crippen molar-refractivity contribution in [1.82, 2.24) is 0 Å². The second-order valence-corrected chi connectivity index (χ2v) is 6.23. The topological polar surface area (TPSA) is 57.9 Å². The molecule has 0 radical (unpaired) electrons. The smallest absolute Gasteiger partial charge is 0.207 e. The van der Waals surface area contributed by atoms with Gasteiger partial charge in [-0.15, -0.1) is 0 Å². The summed E-state index contributed by atoms with van der Waals surface area (Å²) in [7, 11) is 1.52. The average Bonchev–Trinajstić information content (AvgIpc) is 2.16. The molecule has 1 rings (SSSR count). The lowest BCUT2D eigenvalue weighted by Crippen LogP contribution is -1.98. The number of benzene rings is 1. The molecule has 0 aromatic heterocycles. The van der Waals surface area contributed by atoms with E-state index >= 15 is 0 Å². The van der Waals surface area contributed by atoms with E-state index in [1.807, 2.05) is 6.07 Å². The van der Waals surface area contributed by atoms with Crippen LogP contribution in [0.25, 0.3) is 0 Å². The maximum atomic E-state index is 11.2. The molecule has 0 saturated carbocycles. The lowest BCUT2D eigenvalue weighted by molar-refractivity contribution is 0.608. The van der Waals surface area contributed by atoms with Crippen LogP contribution in [0.3, 0.4) is 0 Å². The van der Waals surface area contributed by atoms with Crippen molar-refractivity contribution in [1.29, 1.82) is 5.26 Å². The first-order valence-electron chi connectivity index (χ1n) is 4.07. The standard InChI is InChI=1S/C9H7BrClNO2S/c1-2-6-3-7(5-12)8(10)4-9(6)15(11,13)14/h3-4H,2H2,1H3. The summed E-state index contributed by atoms with van der Waals surface area (Å²) >= 11 is 3.12. The van der Waals surface area contributed by atoms with E-state index in [4.69, 9.17) is 15.9 Å². The molecule has 0 aliphatic heterocycles. The summed E-state index contributed by atoms with van der Waals surface area (Å²) in [4.78, 5) is 0.0533. The highest BCUT2D eigenvalue weighted by Crippen LogP contribution is 2.27. The number of aryl methyl sites for hydroxylation is 1. The van der Waals surface area contributed by atoms with Gasteiger partial charge in [0.15, 0.2) is 0 Å². The van der Waals surface area contributed by atoms with Crippen LogP contribution >= 0.6 is 26.6 Å². The predicted octanol–water partition coefficient (Wildman–Crippen LogP) is 2.81. The van der Waals surface area contributed by atoms with Gasteiger partial charge in [-0.2, -0.15) is 5.26 Å². The van der Waals surface area contributed by atoms with Gasteiger partial charge in [0.1, 0.15) is 6.07 Å². The molecule has 0 amide bonds. The lowest BCUT2D eigenvalue weighted by Gasteiger charge is -2.06. The average molecular weight is 309 g/mol. The summed E-state index contributed by atoms with van der Waals surface area (Å²) in [6, 6.07) is 4.85. The van der Waals surface area contributed by atoms with Crippen molar-refractivity contribution in [3.63, 3.8) is 0 Å². The Morgan fingerprint density at radius 2 is 2.13 bits per heavy atom. The monoisotopic (exact) mass is 307 g/mol. The first-order valence-corrected chi connectivity index (χ1v) is 7.17. The molecule has 0 bridgehead atoms. The third-order valence-corrected chi connectivity index (χ3v) is 3.97. The van der Waals surface area contributed by atoms with E-state index in [9.17, 15) is 8.42 Å². The third-order valence-electron chi connectivity index (χ3n) is 1.91. The van der Waals surface area contributed by atoms with Gasteiger partial charge in [0.05, 0.1) is 10.5 Å². The number of halogens is 2. The Labute approximate surface area is 101 Å². The number of nitriles is 1. The molecule has 0 spiro atoms. The molecule has 80 valence electrons. The number of nitrogens with zero attached hydrogens (tertiary/aromatic N) is 1. The van der Waals surface area contributed by atoms with Crippen molar-refractivity contribution in [2.45, 2.75) is 18.2 Å². The van der Waals surface area contributed by atoms with Crippen molar-refractivity contribution < 1.29 is 8.42 Å². The highest BCUT2D eigenvalue weighted by molar-refractivity contribution is 9.10. The summed E-state index contributed by atoms with van der Waals surface area (Å²) in [6.45, 7) is 1.80. The first kappa shape index (κ1) is 12.5. The zero-order valence-electron chi connectivity index (χ0n) is 7.79. The maximum absolute atomic E-state index is 11.2. The fourth-order valence-corrected chi connectivity index (χ4v) is 2.98. The highest BCUT2D eigenvalue weighted by atomic mass is 79.9. The van der Waals surface area contributed by atoms with Gasteiger partial charge in [0.25, 0.3) is 9.05 Å². The fourth-order valence-electron chi connectivity index (χ4n) is 1.19. The van der Waals surface area contributed by atoms with E-state index in [1.54, 1.807) is 6.92 Å². The molecule has 1 aromatic carbocycles. The second-order valence-electron chi connectivity index (χ2n) is 2.84. The normalized spacial score (nSPS) is 11.1. The molecule has 0 atom stereocenters. The van der Waals surface area contributed by atoms with Crippen LogP contribution in [0.2, 0.25) is 0 Å². The third kappa shape index (κ3) is 2.71.